The molecule has 0 saturated carbocycles. The second-order valence-electron chi connectivity index (χ2n) is 5.90. The molecule has 0 aliphatic carbocycles. The standard InChI is InChI=1S/C16H20ClN5O2/c17-14-9-13(10-18)11-19-16(14)22-3-1-20(2-4-22)12-15(23)21-5-7-24-8-6-21/h9,11H,1-8,12H2. The van der Waals surface area contributed by atoms with Crippen LogP contribution in [0.4, 0.5) is 5.82 Å². The van der Waals surface area contributed by atoms with Crippen molar-refractivity contribution >= 4 is 23.3 Å². The van der Waals surface area contributed by atoms with Crippen LogP contribution in [0.1, 0.15) is 5.56 Å². The average Bonchev–Trinajstić information content (AvgIpc) is 2.63. The molecule has 3 rings (SSSR count). The SMILES string of the molecule is N#Cc1cnc(N2CCN(CC(=O)N3CCOCC3)CC2)c(Cl)c1. The summed E-state index contributed by atoms with van der Waals surface area (Å²) in [5, 5.41) is 9.37. The van der Waals surface area contributed by atoms with Gasteiger partial charge < -0.3 is 14.5 Å². The van der Waals surface area contributed by atoms with Gasteiger partial charge in [0.05, 0.1) is 30.3 Å². The van der Waals surface area contributed by atoms with Gasteiger partial charge in [-0.05, 0) is 6.07 Å². The lowest BCUT2D eigenvalue weighted by molar-refractivity contribution is -0.136. The number of hydrogen-bond donors (Lipinski definition) is 0. The van der Waals surface area contributed by atoms with Gasteiger partial charge in [-0.3, -0.25) is 9.69 Å². The molecule has 3 heterocycles. The maximum Gasteiger partial charge on any atom is 0.236 e. The van der Waals surface area contributed by atoms with Gasteiger partial charge in [-0.15, -0.1) is 0 Å². The molecule has 0 aromatic carbocycles. The van der Waals surface area contributed by atoms with Gasteiger partial charge in [0.2, 0.25) is 5.91 Å². The van der Waals surface area contributed by atoms with Crippen LogP contribution in [0.15, 0.2) is 12.3 Å². The van der Waals surface area contributed by atoms with E-state index >= 15 is 0 Å². The van der Waals surface area contributed by atoms with Crippen molar-refractivity contribution < 1.29 is 9.53 Å². The molecule has 0 atom stereocenters. The first-order valence-corrected chi connectivity index (χ1v) is 8.43. The third kappa shape index (κ3) is 3.96. The lowest BCUT2D eigenvalue weighted by Gasteiger charge is -2.36. The number of hydrogen-bond acceptors (Lipinski definition) is 6. The first kappa shape index (κ1) is 17.0. The zero-order valence-corrected chi connectivity index (χ0v) is 14.2. The summed E-state index contributed by atoms with van der Waals surface area (Å²) in [7, 11) is 0. The number of carbonyl (C=O) groups excluding carboxylic acids is 1. The number of piperazine rings is 1. The van der Waals surface area contributed by atoms with Crippen LogP contribution < -0.4 is 4.90 Å². The number of ether oxygens (including phenoxy) is 1. The Bertz CT molecular complexity index is 634. The molecule has 0 spiro atoms. The summed E-state index contributed by atoms with van der Waals surface area (Å²) in [5.41, 5.74) is 0.457. The lowest BCUT2D eigenvalue weighted by Crippen LogP contribution is -2.51. The van der Waals surface area contributed by atoms with Gasteiger partial charge in [0.25, 0.3) is 0 Å². The van der Waals surface area contributed by atoms with Crippen molar-refractivity contribution in [3.63, 3.8) is 0 Å². The Morgan fingerprint density at radius 3 is 2.58 bits per heavy atom. The number of anilines is 1. The molecule has 2 fully saturated rings. The van der Waals surface area contributed by atoms with Gasteiger partial charge in [-0.2, -0.15) is 5.26 Å². The van der Waals surface area contributed by atoms with Crippen molar-refractivity contribution in [1.82, 2.24) is 14.8 Å². The molecule has 7 nitrogen and oxygen atoms in total. The highest BCUT2D eigenvalue weighted by Crippen LogP contribution is 2.24. The van der Waals surface area contributed by atoms with Crippen LogP contribution in [-0.4, -0.2) is 79.7 Å². The summed E-state index contributed by atoms with van der Waals surface area (Å²) in [6, 6.07) is 3.67. The van der Waals surface area contributed by atoms with Crippen molar-refractivity contribution in [2.75, 3.05) is 63.9 Å². The van der Waals surface area contributed by atoms with Gasteiger partial charge in [0.1, 0.15) is 11.9 Å². The monoisotopic (exact) mass is 349 g/mol. The van der Waals surface area contributed by atoms with E-state index in [9.17, 15) is 4.79 Å². The fourth-order valence-corrected chi connectivity index (χ4v) is 3.23. The fraction of sp³-hybridized carbons (Fsp3) is 0.562. The van der Waals surface area contributed by atoms with Gasteiger partial charge in [0, 0.05) is 45.5 Å². The number of carbonyl (C=O) groups is 1. The molecule has 0 bridgehead atoms. The number of nitrogens with zero attached hydrogens (tertiary/aromatic N) is 5. The van der Waals surface area contributed by atoms with Gasteiger partial charge in [-0.1, -0.05) is 11.6 Å². The third-order valence-electron chi connectivity index (χ3n) is 4.35. The highest BCUT2D eigenvalue weighted by atomic mass is 35.5. The van der Waals surface area contributed by atoms with E-state index in [0.29, 0.717) is 49.3 Å². The van der Waals surface area contributed by atoms with Crippen LogP contribution in [-0.2, 0) is 9.53 Å². The van der Waals surface area contributed by atoms with Crippen LogP contribution in [0, 0.1) is 11.3 Å². The van der Waals surface area contributed by atoms with Gasteiger partial charge in [0.15, 0.2) is 0 Å². The molecule has 0 radical (unpaired) electrons. The normalized spacial score (nSPS) is 19.2. The molecule has 1 aromatic rings. The molecule has 2 saturated heterocycles. The summed E-state index contributed by atoms with van der Waals surface area (Å²) in [5.74, 6) is 0.871. The quantitative estimate of drug-likeness (QED) is 0.795. The van der Waals surface area contributed by atoms with Crippen molar-refractivity contribution in [3.05, 3.63) is 22.8 Å². The summed E-state index contributed by atoms with van der Waals surface area (Å²) >= 11 is 6.22. The smallest absolute Gasteiger partial charge is 0.236 e. The Hall–Kier alpha value is -1.88. The number of nitriles is 1. The predicted molar refractivity (Wildman–Crippen MR) is 90.0 cm³/mol. The molecule has 128 valence electrons. The average molecular weight is 350 g/mol. The highest BCUT2D eigenvalue weighted by molar-refractivity contribution is 6.33. The first-order valence-electron chi connectivity index (χ1n) is 8.06. The number of pyridine rings is 1. The first-order chi connectivity index (χ1) is 11.7. The number of morpholine rings is 1. The van der Waals surface area contributed by atoms with Crippen molar-refractivity contribution in [1.29, 1.82) is 5.26 Å². The minimum absolute atomic E-state index is 0.168. The van der Waals surface area contributed by atoms with E-state index in [1.807, 2.05) is 11.0 Å². The van der Waals surface area contributed by atoms with Crippen molar-refractivity contribution in [2.24, 2.45) is 0 Å². The Balaban J connectivity index is 1.52. The molecular weight excluding hydrogens is 330 g/mol. The molecular formula is C16H20ClN5O2. The Morgan fingerprint density at radius 1 is 1.25 bits per heavy atom. The zero-order chi connectivity index (χ0) is 16.9. The van der Waals surface area contributed by atoms with Crippen LogP contribution in [0.3, 0.4) is 0 Å². The molecule has 24 heavy (non-hydrogen) atoms. The van der Waals surface area contributed by atoms with E-state index in [4.69, 9.17) is 21.6 Å². The van der Waals surface area contributed by atoms with E-state index < -0.39 is 0 Å². The number of aromatic nitrogens is 1. The molecule has 2 aliphatic heterocycles. The van der Waals surface area contributed by atoms with Gasteiger partial charge >= 0.3 is 0 Å². The fourth-order valence-electron chi connectivity index (χ4n) is 2.95. The van der Waals surface area contributed by atoms with Crippen LogP contribution in [0.5, 0.6) is 0 Å². The van der Waals surface area contributed by atoms with Crippen LogP contribution in [0.2, 0.25) is 5.02 Å². The summed E-state index contributed by atoms with van der Waals surface area (Å²) < 4.78 is 5.28. The number of amides is 1. The number of rotatable bonds is 3. The minimum Gasteiger partial charge on any atom is -0.378 e. The van der Waals surface area contributed by atoms with E-state index in [1.165, 1.54) is 6.20 Å². The Morgan fingerprint density at radius 2 is 1.96 bits per heavy atom. The summed E-state index contributed by atoms with van der Waals surface area (Å²) in [4.78, 5) is 22.7. The molecule has 0 unspecified atom stereocenters. The molecule has 1 amide bonds. The highest BCUT2D eigenvalue weighted by Gasteiger charge is 2.24. The third-order valence-corrected chi connectivity index (χ3v) is 4.62. The molecule has 0 N–H and O–H groups in total. The van der Waals surface area contributed by atoms with Crippen LogP contribution >= 0.6 is 11.6 Å². The minimum atomic E-state index is 0.168. The topological polar surface area (TPSA) is 72.7 Å². The molecule has 1 aromatic heterocycles. The predicted octanol–water partition coefficient (Wildman–Crippen LogP) is 0.587. The largest absolute Gasteiger partial charge is 0.378 e. The maximum atomic E-state index is 12.3. The molecule has 2 aliphatic rings. The number of halogens is 1. The van der Waals surface area contributed by atoms with E-state index in [0.717, 1.165) is 26.2 Å². The zero-order valence-electron chi connectivity index (χ0n) is 13.4. The van der Waals surface area contributed by atoms with E-state index in [1.54, 1.807) is 6.07 Å². The van der Waals surface area contributed by atoms with Gasteiger partial charge in [-0.25, -0.2) is 4.98 Å². The van der Waals surface area contributed by atoms with E-state index in [-0.39, 0.29) is 5.91 Å². The van der Waals surface area contributed by atoms with E-state index in [2.05, 4.69) is 14.8 Å². The second-order valence-corrected chi connectivity index (χ2v) is 6.30. The molecule has 8 heteroatoms. The maximum absolute atomic E-state index is 12.3. The summed E-state index contributed by atoms with van der Waals surface area (Å²) in [6.45, 7) is 6.16. The second kappa shape index (κ2) is 7.79. The van der Waals surface area contributed by atoms with Crippen molar-refractivity contribution in [3.8, 4) is 6.07 Å². The van der Waals surface area contributed by atoms with Crippen molar-refractivity contribution in [2.45, 2.75) is 0 Å². The van der Waals surface area contributed by atoms with Crippen LogP contribution in [0.25, 0.3) is 0 Å². The Labute approximate surface area is 146 Å². The lowest BCUT2D eigenvalue weighted by atomic mass is 10.2. The Kier molecular flexibility index (Phi) is 5.51. The summed E-state index contributed by atoms with van der Waals surface area (Å²) in [6.07, 6.45) is 1.54.